The summed E-state index contributed by atoms with van der Waals surface area (Å²) in [6.45, 7) is 5.82. The first-order chi connectivity index (χ1) is 11.1. The zero-order chi connectivity index (χ0) is 16.1. The molecule has 2 aliphatic rings. The van der Waals surface area contributed by atoms with E-state index in [-0.39, 0.29) is 11.9 Å². The molecule has 3 heterocycles. The van der Waals surface area contributed by atoms with Gasteiger partial charge in [0.05, 0.1) is 35.9 Å². The summed E-state index contributed by atoms with van der Waals surface area (Å²) in [5, 5.41) is 5.37. The smallest absolute Gasteiger partial charge is 0.255 e. The molecule has 4 rings (SSSR count). The third-order valence-electron chi connectivity index (χ3n) is 4.84. The minimum Gasteiger partial charge on any atom is -0.377 e. The quantitative estimate of drug-likeness (QED) is 0.851. The Hall–Kier alpha value is -1.95. The van der Waals surface area contributed by atoms with Crippen molar-refractivity contribution in [2.24, 2.45) is 7.05 Å². The molecule has 1 saturated carbocycles. The topological polar surface area (TPSA) is 60.2 Å². The Morgan fingerprint density at radius 2 is 2.17 bits per heavy atom. The van der Waals surface area contributed by atoms with Crippen LogP contribution in [0.2, 0.25) is 0 Å². The van der Waals surface area contributed by atoms with Crippen molar-refractivity contribution in [1.29, 1.82) is 0 Å². The van der Waals surface area contributed by atoms with Crippen LogP contribution in [0.1, 0.15) is 47.4 Å². The Morgan fingerprint density at radius 1 is 1.39 bits per heavy atom. The maximum Gasteiger partial charge on any atom is 0.255 e. The lowest BCUT2D eigenvalue weighted by Gasteiger charge is -2.33. The number of carbonyl (C=O) groups is 1. The fourth-order valence-electron chi connectivity index (χ4n) is 3.40. The van der Waals surface area contributed by atoms with E-state index < -0.39 is 0 Å². The lowest BCUT2D eigenvalue weighted by atomic mass is 10.1. The van der Waals surface area contributed by atoms with Crippen molar-refractivity contribution in [2.75, 3.05) is 19.8 Å². The van der Waals surface area contributed by atoms with Crippen LogP contribution in [0.4, 0.5) is 0 Å². The Balaban J connectivity index is 1.85. The van der Waals surface area contributed by atoms with Gasteiger partial charge in [-0.2, -0.15) is 5.10 Å². The SMILES string of the molecule is Cc1nn(C)c2nc(C3CC3)cc(C(=O)N3CCOC[C@H]3C)c12. The highest BCUT2D eigenvalue weighted by molar-refractivity contribution is 6.06. The van der Waals surface area contributed by atoms with E-state index in [9.17, 15) is 4.79 Å². The molecule has 2 aromatic heterocycles. The van der Waals surface area contributed by atoms with Gasteiger partial charge in [0.25, 0.3) is 5.91 Å². The first-order valence-corrected chi connectivity index (χ1v) is 8.29. The van der Waals surface area contributed by atoms with Crippen LogP contribution in [-0.4, -0.2) is 51.4 Å². The first kappa shape index (κ1) is 14.6. The van der Waals surface area contributed by atoms with Gasteiger partial charge < -0.3 is 9.64 Å². The molecule has 0 radical (unpaired) electrons. The Labute approximate surface area is 135 Å². The molecule has 1 saturated heterocycles. The van der Waals surface area contributed by atoms with Crippen molar-refractivity contribution < 1.29 is 9.53 Å². The molecule has 0 N–H and O–H groups in total. The van der Waals surface area contributed by atoms with Crippen LogP contribution in [0.25, 0.3) is 11.0 Å². The van der Waals surface area contributed by atoms with Crippen LogP contribution < -0.4 is 0 Å². The summed E-state index contributed by atoms with van der Waals surface area (Å²) in [6, 6.07) is 2.10. The summed E-state index contributed by atoms with van der Waals surface area (Å²) in [5.41, 5.74) is 3.46. The normalized spacial score (nSPS) is 21.9. The van der Waals surface area contributed by atoms with E-state index in [1.54, 1.807) is 4.68 Å². The van der Waals surface area contributed by atoms with Gasteiger partial charge in [0.1, 0.15) is 0 Å². The van der Waals surface area contributed by atoms with E-state index in [2.05, 4.69) is 5.10 Å². The monoisotopic (exact) mass is 314 g/mol. The van der Waals surface area contributed by atoms with Crippen molar-refractivity contribution in [3.8, 4) is 0 Å². The van der Waals surface area contributed by atoms with Gasteiger partial charge in [-0.3, -0.25) is 9.48 Å². The molecule has 0 spiro atoms. The van der Waals surface area contributed by atoms with Gasteiger partial charge in [-0.15, -0.1) is 0 Å². The summed E-state index contributed by atoms with van der Waals surface area (Å²) in [6.07, 6.45) is 2.33. The molecular formula is C17H22N4O2. The molecule has 122 valence electrons. The fraction of sp³-hybridized carbons (Fsp3) is 0.588. The number of carbonyl (C=O) groups excluding carboxylic acids is 1. The number of nitrogens with zero attached hydrogens (tertiary/aromatic N) is 4. The summed E-state index contributed by atoms with van der Waals surface area (Å²) in [7, 11) is 1.89. The number of aryl methyl sites for hydroxylation is 2. The molecule has 6 nitrogen and oxygen atoms in total. The van der Waals surface area contributed by atoms with E-state index in [4.69, 9.17) is 9.72 Å². The summed E-state index contributed by atoms with van der Waals surface area (Å²) in [5.74, 6) is 0.578. The zero-order valence-corrected chi connectivity index (χ0v) is 13.9. The van der Waals surface area contributed by atoms with Gasteiger partial charge in [0.2, 0.25) is 0 Å². The molecular weight excluding hydrogens is 292 g/mol. The number of fused-ring (bicyclic) bond motifs is 1. The van der Waals surface area contributed by atoms with Crippen LogP contribution in [0.3, 0.4) is 0 Å². The maximum absolute atomic E-state index is 13.2. The van der Waals surface area contributed by atoms with Crippen molar-refractivity contribution in [2.45, 2.75) is 38.6 Å². The van der Waals surface area contributed by atoms with Crippen molar-refractivity contribution in [3.05, 3.63) is 23.0 Å². The number of aromatic nitrogens is 3. The van der Waals surface area contributed by atoms with Gasteiger partial charge in [-0.1, -0.05) is 0 Å². The van der Waals surface area contributed by atoms with Gasteiger partial charge in [0, 0.05) is 25.2 Å². The highest BCUT2D eigenvalue weighted by atomic mass is 16.5. The largest absolute Gasteiger partial charge is 0.377 e. The van der Waals surface area contributed by atoms with E-state index >= 15 is 0 Å². The lowest BCUT2D eigenvalue weighted by Crippen LogP contribution is -2.47. The minimum absolute atomic E-state index is 0.0752. The molecule has 23 heavy (non-hydrogen) atoms. The van der Waals surface area contributed by atoms with Crippen molar-refractivity contribution in [3.63, 3.8) is 0 Å². The summed E-state index contributed by atoms with van der Waals surface area (Å²) in [4.78, 5) is 19.9. The van der Waals surface area contributed by atoms with Crippen LogP contribution >= 0.6 is 0 Å². The summed E-state index contributed by atoms with van der Waals surface area (Å²) >= 11 is 0. The zero-order valence-electron chi connectivity index (χ0n) is 13.9. The van der Waals surface area contributed by atoms with Crippen LogP contribution in [0.5, 0.6) is 0 Å². The second kappa shape index (κ2) is 5.30. The average molecular weight is 314 g/mol. The molecule has 2 aromatic rings. The molecule has 1 atom stereocenters. The number of amides is 1. The average Bonchev–Trinajstić information content (AvgIpc) is 3.34. The van der Waals surface area contributed by atoms with Gasteiger partial charge in [0.15, 0.2) is 5.65 Å². The van der Waals surface area contributed by atoms with E-state index in [1.807, 2.05) is 31.9 Å². The fourth-order valence-corrected chi connectivity index (χ4v) is 3.40. The van der Waals surface area contributed by atoms with Crippen LogP contribution in [0.15, 0.2) is 6.07 Å². The summed E-state index contributed by atoms with van der Waals surface area (Å²) < 4.78 is 7.25. The van der Waals surface area contributed by atoms with Crippen molar-refractivity contribution in [1.82, 2.24) is 19.7 Å². The minimum atomic E-state index is 0.0752. The van der Waals surface area contributed by atoms with E-state index in [1.165, 1.54) is 0 Å². The van der Waals surface area contributed by atoms with Gasteiger partial charge in [-0.25, -0.2) is 4.98 Å². The Morgan fingerprint density at radius 3 is 2.87 bits per heavy atom. The second-order valence-corrected chi connectivity index (χ2v) is 6.70. The molecule has 2 fully saturated rings. The number of rotatable bonds is 2. The molecule has 0 unspecified atom stereocenters. The van der Waals surface area contributed by atoms with E-state index in [0.717, 1.165) is 40.8 Å². The first-order valence-electron chi connectivity index (χ1n) is 8.29. The number of pyridine rings is 1. The Kier molecular flexibility index (Phi) is 3.37. The van der Waals surface area contributed by atoms with Crippen LogP contribution in [0, 0.1) is 6.92 Å². The third kappa shape index (κ3) is 2.41. The molecule has 0 bridgehead atoms. The highest BCUT2D eigenvalue weighted by Gasteiger charge is 2.31. The predicted molar refractivity (Wildman–Crippen MR) is 86.5 cm³/mol. The molecule has 6 heteroatoms. The number of morpholine rings is 1. The highest BCUT2D eigenvalue weighted by Crippen LogP contribution is 2.40. The molecule has 1 aliphatic heterocycles. The maximum atomic E-state index is 13.2. The lowest BCUT2D eigenvalue weighted by molar-refractivity contribution is 0.00369. The molecule has 1 aliphatic carbocycles. The molecule has 1 amide bonds. The molecule has 0 aromatic carbocycles. The van der Waals surface area contributed by atoms with Crippen LogP contribution in [-0.2, 0) is 11.8 Å². The second-order valence-electron chi connectivity index (χ2n) is 6.70. The predicted octanol–water partition coefficient (Wildman–Crippen LogP) is 2.02. The Bertz CT molecular complexity index is 778. The van der Waals surface area contributed by atoms with Gasteiger partial charge >= 0.3 is 0 Å². The number of ether oxygens (including phenoxy) is 1. The standard InChI is InChI=1S/C17H22N4O2/c1-10-9-23-7-6-21(10)17(22)13-8-14(12-4-5-12)18-16-15(13)11(2)19-20(16)3/h8,10,12H,4-7,9H2,1-3H3/t10-/m1/s1. The number of hydrogen-bond donors (Lipinski definition) is 0. The third-order valence-corrected chi connectivity index (χ3v) is 4.84. The van der Waals surface area contributed by atoms with E-state index in [0.29, 0.717) is 25.7 Å². The van der Waals surface area contributed by atoms with Gasteiger partial charge in [-0.05, 0) is 32.8 Å². The van der Waals surface area contributed by atoms with Crippen molar-refractivity contribution >= 4 is 16.9 Å². The number of hydrogen-bond acceptors (Lipinski definition) is 4.